The molecule has 33 heavy (non-hydrogen) atoms. The van der Waals surface area contributed by atoms with Crippen LogP contribution in [0.5, 0.6) is 0 Å². The second-order valence-corrected chi connectivity index (χ2v) is 10.9. The lowest BCUT2D eigenvalue weighted by atomic mass is 9.83. The van der Waals surface area contributed by atoms with Crippen LogP contribution in [0.3, 0.4) is 0 Å². The monoisotopic (exact) mass is 514 g/mol. The van der Waals surface area contributed by atoms with E-state index in [-0.39, 0.29) is 35.7 Å². The summed E-state index contributed by atoms with van der Waals surface area (Å²) in [4.78, 5) is -0.0373. The highest BCUT2D eigenvalue weighted by molar-refractivity contribution is 7.92. The number of hydrogen-bond acceptors (Lipinski definition) is 4. The molecule has 0 radical (unpaired) electrons. The second-order valence-electron chi connectivity index (χ2n) is 8.01. The highest BCUT2D eigenvalue weighted by Gasteiger charge is 2.73. The van der Waals surface area contributed by atoms with Gasteiger partial charge < -0.3 is 10.6 Å². The molecule has 0 amide bonds. The van der Waals surface area contributed by atoms with Crippen molar-refractivity contribution < 1.29 is 39.2 Å². The van der Waals surface area contributed by atoms with Gasteiger partial charge in [0.15, 0.2) is 9.84 Å². The van der Waals surface area contributed by atoms with Gasteiger partial charge in [0.2, 0.25) is 0 Å². The Balaban J connectivity index is 1.92. The van der Waals surface area contributed by atoms with Crippen LogP contribution in [0.25, 0.3) is 0 Å². The summed E-state index contributed by atoms with van der Waals surface area (Å²) < 4.78 is 120. The van der Waals surface area contributed by atoms with Crippen LogP contribution in [-0.2, 0) is 20.3 Å². The second kappa shape index (κ2) is 7.55. The number of anilines is 1. The minimum Gasteiger partial charge on any atom is -0.383 e. The number of halogens is 7. The first-order valence-electron chi connectivity index (χ1n) is 9.71. The van der Waals surface area contributed by atoms with Gasteiger partial charge in [-0.3, -0.25) is 0 Å². The third kappa shape index (κ3) is 3.36. The van der Waals surface area contributed by atoms with Crippen LogP contribution >= 0.6 is 9.24 Å². The minimum atomic E-state index is -6.27. The molecule has 0 saturated carbocycles. The molecular weight excluding hydrogens is 496 g/mol. The van der Waals surface area contributed by atoms with Crippen LogP contribution < -0.4 is 15.9 Å². The number of sulfone groups is 1. The van der Waals surface area contributed by atoms with Gasteiger partial charge in [-0.1, -0.05) is 24.3 Å². The lowest BCUT2D eigenvalue weighted by molar-refractivity contribution is -0.348. The first kappa shape index (κ1) is 24.2. The lowest BCUT2D eigenvalue weighted by Crippen LogP contribution is -2.53. The Morgan fingerprint density at radius 3 is 2.12 bits per heavy atom. The van der Waals surface area contributed by atoms with E-state index in [1.54, 1.807) is 12.1 Å². The molecule has 2 aliphatic heterocycles. The highest BCUT2D eigenvalue weighted by atomic mass is 32.2. The van der Waals surface area contributed by atoms with E-state index in [0.29, 0.717) is 12.1 Å². The molecule has 2 heterocycles. The van der Waals surface area contributed by atoms with Crippen LogP contribution in [-0.4, -0.2) is 39.9 Å². The van der Waals surface area contributed by atoms with Gasteiger partial charge in [0.05, 0.1) is 4.90 Å². The number of rotatable bonds is 3. The third-order valence-electron chi connectivity index (χ3n) is 6.27. The molecule has 3 unspecified atom stereocenters. The zero-order valence-electron chi connectivity index (χ0n) is 16.7. The van der Waals surface area contributed by atoms with Gasteiger partial charge >= 0.3 is 18.0 Å². The Morgan fingerprint density at radius 1 is 0.939 bits per heavy atom. The zero-order valence-corrected chi connectivity index (χ0v) is 18.7. The molecule has 0 aliphatic carbocycles. The summed E-state index contributed by atoms with van der Waals surface area (Å²) in [6.45, 7) is 0.168. The van der Waals surface area contributed by atoms with Crippen molar-refractivity contribution in [3.63, 3.8) is 0 Å². The summed E-state index contributed by atoms with van der Waals surface area (Å²) in [5.41, 5.74) is -7.57. The topological polar surface area (TPSA) is 58.2 Å². The van der Waals surface area contributed by atoms with Crippen molar-refractivity contribution >= 4 is 30.1 Å². The zero-order chi connectivity index (χ0) is 24.4. The van der Waals surface area contributed by atoms with Gasteiger partial charge in [0, 0.05) is 23.8 Å². The lowest BCUT2D eigenvalue weighted by Gasteiger charge is -2.41. The molecule has 3 atom stereocenters. The number of hydrogen-bond donors (Lipinski definition) is 2. The molecule has 2 aromatic carbocycles. The highest BCUT2D eigenvalue weighted by Crippen LogP contribution is 2.55. The number of alkyl halides is 7. The molecule has 0 aromatic heterocycles. The Morgan fingerprint density at radius 2 is 1.55 bits per heavy atom. The van der Waals surface area contributed by atoms with Crippen molar-refractivity contribution in [2.24, 2.45) is 0 Å². The summed E-state index contributed by atoms with van der Waals surface area (Å²) in [7, 11) is -1.74. The van der Waals surface area contributed by atoms with E-state index in [2.05, 4.69) is 19.9 Å². The summed E-state index contributed by atoms with van der Waals surface area (Å²) in [5.74, 6) is 0. The summed E-state index contributed by atoms with van der Waals surface area (Å²) in [5, 5.41) is 6.44. The van der Waals surface area contributed by atoms with Crippen molar-refractivity contribution in [2.75, 3.05) is 18.4 Å². The quantitative estimate of drug-likeness (QED) is 0.482. The first-order valence-corrected chi connectivity index (χ1v) is 11.8. The Hall–Kier alpha value is -1.91. The Labute approximate surface area is 187 Å². The van der Waals surface area contributed by atoms with Gasteiger partial charge in [0.1, 0.15) is 4.75 Å². The van der Waals surface area contributed by atoms with Crippen LogP contribution in [0, 0.1) is 0 Å². The predicted octanol–water partition coefficient (Wildman–Crippen LogP) is 3.93. The molecule has 180 valence electrons. The maximum Gasteiger partial charge on any atom is 0.435 e. The predicted molar refractivity (Wildman–Crippen MR) is 111 cm³/mol. The first-order chi connectivity index (χ1) is 15.2. The standard InChI is InChI=1S/C20H18F7N2O2PS/c21-18(19(22,23)24,20(25,26)27)11-1-6-14-15(9-11)29-10-16-17(14,7-8-28-16)33(30,31)13-4-2-12(32)3-5-13/h1-6,9,16,28-29H,7-8,10,32H2. The van der Waals surface area contributed by atoms with Gasteiger partial charge in [-0.05, 0) is 42.0 Å². The van der Waals surface area contributed by atoms with Crippen LogP contribution in [0.1, 0.15) is 17.5 Å². The summed E-state index contributed by atoms with van der Waals surface area (Å²) in [6, 6.07) is 6.82. The van der Waals surface area contributed by atoms with Crippen LogP contribution in [0.15, 0.2) is 47.4 Å². The van der Waals surface area contributed by atoms with Gasteiger partial charge in [-0.2, -0.15) is 26.3 Å². The SMILES string of the molecule is O=S(=O)(c1ccc(P)cc1)C12CCNC1CNc1cc(C(F)(C(F)(F)F)C(F)(F)F)ccc12. The van der Waals surface area contributed by atoms with E-state index in [1.165, 1.54) is 12.1 Å². The molecule has 0 bridgehead atoms. The normalized spacial score (nSPS) is 23.6. The maximum atomic E-state index is 14.6. The molecule has 1 fully saturated rings. The fraction of sp³-hybridized carbons (Fsp3) is 0.400. The van der Waals surface area contributed by atoms with Crippen molar-refractivity contribution in [2.45, 2.75) is 40.1 Å². The molecule has 1 saturated heterocycles. The minimum absolute atomic E-state index is 0.00542. The molecule has 0 spiro atoms. The van der Waals surface area contributed by atoms with Gasteiger partial charge in [0.25, 0.3) is 0 Å². The average molecular weight is 514 g/mol. The van der Waals surface area contributed by atoms with E-state index in [0.717, 1.165) is 11.4 Å². The Bertz CT molecular complexity index is 1170. The molecule has 2 aliphatic rings. The van der Waals surface area contributed by atoms with Gasteiger partial charge in [-0.15, -0.1) is 9.24 Å². The number of fused-ring (bicyclic) bond motifs is 3. The molecule has 4 rings (SSSR count). The van der Waals surface area contributed by atoms with Crippen molar-refractivity contribution in [1.29, 1.82) is 0 Å². The van der Waals surface area contributed by atoms with Crippen LogP contribution in [0.4, 0.5) is 36.4 Å². The maximum absolute atomic E-state index is 14.6. The Kier molecular flexibility index (Phi) is 5.54. The van der Waals surface area contributed by atoms with E-state index >= 15 is 0 Å². The average Bonchev–Trinajstić information content (AvgIpc) is 3.17. The molecule has 2 aromatic rings. The molecule has 2 N–H and O–H groups in total. The number of benzene rings is 2. The summed E-state index contributed by atoms with van der Waals surface area (Å²) >= 11 is 0. The van der Waals surface area contributed by atoms with Crippen LogP contribution in [0.2, 0.25) is 0 Å². The van der Waals surface area contributed by atoms with Crippen molar-refractivity contribution in [3.8, 4) is 0 Å². The fourth-order valence-electron chi connectivity index (χ4n) is 4.63. The van der Waals surface area contributed by atoms with Crippen molar-refractivity contribution in [3.05, 3.63) is 53.6 Å². The third-order valence-corrected chi connectivity index (χ3v) is 9.22. The fourth-order valence-corrected chi connectivity index (χ4v) is 7.12. The molecule has 4 nitrogen and oxygen atoms in total. The summed E-state index contributed by atoms with van der Waals surface area (Å²) in [6.07, 6.45) is -12.5. The molecule has 13 heteroatoms. The van der Waals surface area contributed by atoms with E-state index in [4.69, 9.17) is 0 Å². The smallest absolute Gasteiger partial charge is 0.383 e. The van der Waals surface area contributed by atoms with E-state index in [9.17, 15) is 39.2 Å². The largest absolute Gasteiger partial charge is 0.435 e. The van der Waals surface area contributed by atoms with Gasteiger partial charge in [-0.25, -0.2) is 12.8 Å². The van der Waals surface area contributed by atoms with Crippen molar-refractivity contribution in [1.82, 2.24) is 5.32 Å². The van der Waals surface area contributed by atoms with E-state index < -0.39 is 44.2 Å². The number of nitrogens with one attached hydrogen (secondary N) is 2. The molecular formula is C20H18F7N2O2PS. The van der Waals surface area contributed by atoms with E-state index in [1.807, 2.05) is 0 Å².